The SMILES string of the molecule is Clc1[nH]nc2c(CC3CCNCC3)cccc12. The molecule has 1 saturated heterocycles. The summed E-state index contributed by atoms with van der Waals surface area (Å²) < 4.78 is 0. The lowest BCUT2D eigenvalue weighted by atomic mass is 9.90. The predicted octanol–water partition coefficient (Wildman–Crippen LogP) is 2.76. The lowest BCUT2D eigenvalue weighted by Gasteiger charge is -2.22. The van der Waals surface area contributed by atoms with Crippen molar-refractivity contribution in [2.75, 3.05) is 13.1 Å². The van der Waals surface area contributed by atoms with E-state index < -0.39 is 0 Å². The number of rotatable bonds is 2. The Bertz CT molecular complexity index is 514. The van der Waals surface area contributed by atoms with Crippen LogP contribution in [0.25, 0.3) is 10.9 Å². The summed E-state index contributed by atoms with van der Waals surface area (Å²) in [5, 5.41) is 12.3. The standard InChI is InChI=1S/C13H16ClN3/c14-13-11-3-1-2-10(12(11)16-17-13)8-9-4-6-15-7-5-9/h1-3,9,15H,4-8H2,(H,16,17). The fourth-order valence-electron chi connectivity index (χ4n) is 2.63. The van der Waals surface area contributed by atoms with Gasteiger partial charge in [-0.25, -0.2) is 0 Å². The number of aromatic nitrogens is 2. The molecule has 1 fully saturated rings. The molecule has 0 saturated carbocycles. The van der Waals surface area contributed by atoms with Crippen LogP contribution in [0.2, 0.25) is 5.15 Å². The van der Waals surface area contributed by atoms with Gasteiger partial charge in [-0.2, -0.15) is 5.10 Å². The highest BCUT2D eigenvalue weighted by molar-refractivity contribution is 6.34. The molecule has 1 aliphatic rings. The van der Waals surface area contributed by atoms with Gasteiger partial charge in [0.15, 0.2) is 0 Å². The van der Waals surface area contributed by atoms with E-state index in [1.807, 2.05) is 6.07 Å². The first kappa shape index (κ1) is 11.1. The number of hydrogen-bond acceptors (Lipinski definition) is 2. The van der Waals surface area contributed by atoms with Crippen LogP contribution in [0.1, 0.15) is 18.4 Å². The largest absolute Gasteiger partial charge is 0.317 e. The van der Waals surface area contributed by atoms with Gasteiger partial charge in [-0.05, 0) is 49.9 Å². The summed E-state index contributed by atoms with van der Waals surface area (Å²) in [5.74, 6) is 0.775. The van der Waals surface area contributed by atoms with Crippen LogP contribution in [0, 0.1) is 5.92 Å². The van der Waals surface area contributed by atoms with E-state index in [2.05, 4.69) is 27.6 Å². The van der Waals surface area contributed by atoms with Gasteiger partial charge < -0.3 is 5.32 Å². The number of halogens is 1. The maximum Gasteiger partial charge on any atom is 0.132 e. The summed E-state index contributed by atoms with van der Waals surface area (Å²) in [5.41, 5.74) is 2.36. The van der Waals surface area contributed by atoms with Crippen LogP contribution in [0.3, 0.4) is 0 Å². The Hall–Kier alpha value is -1.06. The van der Waals surface area contributed by atoms with Crippen LogP contribution >= 0.6 is 11.6 Å². The Balaban J connectivity index is 1.89. The van der Waals surface area contributed by atoms with Crippen LogP contribution in [-0.2, 0) is 6.42 Å². The third kappa shape index (κ3) is 2.17. The maximum absolute atomic E-state index is 6.06. The van der Waals surface area contributed by atoms with E-state index in [-0.39, 0.29) is 0 Å². The van der Waals surface area contributed by atoms with Gasteiger partial charge in [-0.1, -0.05) is 23.7 Å². The summed E-state index contributed by atoms with van der Waals surface area (Å²) in [6.45, 7) is 2.28. The molecule has 3 nitrogen and oxygen atoms in total. The van der Waals surface area contributed by atoms with Gasteiger partial charge in [0, 0.05) is 5.39 Å². The number of aromatic amines is 1. The summed E-state index contributed by atoms with van der Waals surface area (Å²) in [7, 11) is 0. The molecule has 0 amide bonds. The van der Waals surface area contributed by atoms with Gasteiger partial charge in [0.2, 0.25) is 0 Å². The van der Waals surface area contributed by atoms with E-state index in [1.54, 1.807) is 0 Å². The topological polar surface area (TPSA) is 40.7 Å². The summed E-state index contributed by atoms with van der Waals surface area (Å²) >= 11 is 6.06. The average molecular weight is 250 g/mol. The number of fused-ring (bicyclic) bond motifs is 1. The fraction of sp³-hybridized carbons (Fsp3) is 0.462. The van der Waals surface area contributed by atoms with Crippen molar-refractivity contribution in [2.45, 2.75) is 19.3 Å². The molecule has 0 spiro atoms. The smallest absolute Gasteiger partial charge is 0.132 e. The number of para-hydroxylation sites is 1. The second kappa shape index (κ2) is 4.67. The molecule has 2 aromatic rings. The van der Waals surface area contributed by atoms with Crippen LogP contribution in [0.5, 0.6) is 0 Å². The molecule has 0 atom stereocenters. The van der Waals surface area contributed by atoms with Gasteiger partial charge in [0.05, 0.1) is 5.52 Å². The summed E-state index contributed by atoms with van der Waals surface area (Å²) in [6, 6.07) is 6.26. The Kier molecular flexibility index (Phi) is 3.04. The minimum absolute atomic E-state index is 0.646. The lowest BCUT2D eigenvalue weighted by Crippen LogP contribution is -2.28. The van der Waals surface area contributed by atoms with Crippen molar-refractivity contribution in [1.82, 2.24) is 15.5 Å². The number of nitrogens with one attached hydrogen (secondary N) is 2. The highest BCUT2D eigenvalue weighted by atomic mass is 35.5. The normalized spacial score (nSPS) is 17.7. The molecule has 2 N–H and O–H groups in total. The zero-order valence-corrected chi connectivity index (χ0v) is 10.4. The molecule has 90 valence electrons. The van der Waals surface area contributed by atoms with Crippen molar-refractivity contribution in [1.29, 1.82) is 0 Å². The van der Waals surface area contributed by atoms with Gasteiger partial charge in [0.25, 0.3) is 0 Å². The quantitative estimate of drug-likeness (QED) is 0.859. The summed E-state index contributed by atoms with van der Waals surface area (Å²) in [4.78, 5) is 0. The molecule has 4 heteroatoms. The highest BCUT2D eigenvalue weighted by Crippen LogP contribution is 2.26. The molecule has 0 radical (unpaired) electrons. The van der Waals surface area contributed by atoms with Crippen molar-refractivity contribution in [3.63, 3.8) is 0 Å². The molecule has 1 aromatic carbocycles. The summed E-state index contributed by atoms with van der Waals surface area (Å²) in [6.07, 6.45) is 3.63. The van der Waals surface area contributed by atoms with Gasteiger partial charge in [-0.3, -0.25) is 5.10 Å². The Morgan fingerprint density at radius 3 is 2.94 bits per heavy atom. The van der Waals surface area contributed by atoms with E-state index in [9.17, 15) is 0 Å². The third-order valence-corrected chi connectivity index (χ3v) is 3.88. The van der Waals surface area contributed by atoms with E-state index in [1.165, 1.54) is 18.4 Å². The molecule has 3 rings (SSSR count). The van der Waals surface area contributed by atoms with Crippen molar-refractivity contribution in [3.8, 4) is 0 Å². The molecular weight excluding hydrogens is 234 g/mol. The molecule has 0 unspecified atom stereocenters. The number of benzene rings is 1. The van der Waals surface area contributed by atoms with Crippen molar-refractivity contribution in [2.24, 2.45) is 5.92 Å². The molecular formula is C13H16ClN3. The van der Waals surface area contributed by atoms with Crippen LogP contribution in [0.15, 0.2) is 18.2 Å². The van der Waals surface area contributed by atoms with Crippen molar-refractivity contribution in [3.05, 3.63) is 28.9 Å². The molecule has 2 heterocycles. The van der Waals surface area contributed by atoms with E-state index in [0.29, 0.717) is 5.15 Å². The van der Waals surface area contributed by atoms with Gasteiger partial charge >= 0.3 is 0 Å². The molecule has 0 aliphatic carbocycles. The van der Waals surface area contributed by atoms with Crippen molar-refractivity contribution < 1.29 is 0 Å². The van der Waals surface area contributed by atoms with Crippen LogP contribution < -0.4 is 5.32 Å². The van der Waals surface area contributed by atoms with E-state index in [0.717, 1.165) is 36.3 Å². The molecule has 17 heavy (non-hydrogen) atoms. The monoisotopic (exact) mass is 249 g/mol. The Morgan fingerprint density at radius 1 is 1.29 bits per heavy atom. The number of H-pyrrole nitrogens is 1. The predicted molar refractivity (Wildman–Crippen MR) is 70.4 cm³/mol. The molecule has 1 aromatic heterocycles. The highest BCUT2D eigenvalue weighted by Gasteiger charge is 2.16. The zero-order chi connectivity index (χ0) is 11.7. The minimum Gasteiger partial charge on any atom is -0.317 e. The Morgan fingerprint density at radius 2 is 2.12 bits per heavy atom. The van der Waals surface area contributed by atoms with E-state index >= 15 is 0 Å². The number of hydrogen-bond donors (Lipinski definition) is 2. The first-order valence-electron chi connectivity index (χ1n) is 6.17. The first-order chi connectivity index (χ1) is 8.34. The second-order valence-corrected chi connectivity index (χ2v) is 5.13. The second-order valence-electron chi connectivity index (χ2n) is 4.75. The van der Waals surface area contributed by atoms with Crippen LogP contribution in [-0.4, -0.2) is 23.3 Å². The molecule has 1 aliphatic heterocycles. The fourth-order valence-corrected chi connectivity index (χ4v) is 2.82. The minimum atomic E-state index is 0.646. The van der Waals surface area contributed by atoms with Crippen LogP contribution in [0.4, 0.5) is 0 Å². The van der Waals surface area contributed by atoms with Crippen molar-refractivity contribution >= 4 is 22.5 Å². The number of nitrogens with zero attached hydrogens (tertiary/aromatic N) is 1. The average Bonchev–Trinajstić information content (AvgIpc) is 2.74. The Labute approximate surface area is 106 Å². The third-order valence-electron chi connectivity index (χ3n) is 3.59. The maximum atomic E-state index is 6.06. The molecule has 0 bridgehead atoms. The zero-order valence-electron chi connectivity index (χ0n) is 9.67. The van der Waals surface area contributed by atoms with Gasteiger partial charge in [-0.15, -0.1) is 0 Å². The lowest BCUT2D eigenvalue weighted by molar-refractivity contribution is 0.373. The number of piperidine rings is 1. The van der Waals surface area contributed by atoms with Gasteiger partial charge in [0.1, 0.15) is 5.15 Å². The van der Waals surface area contributed by atoms with E-state index in [4.69, 9.17) is 11.6 Å². The first-order valence-corrected chi connectivity index (χ1v) is 6.54.